The van der Waals surface area contributed by atoms with Crippen LogP contribution in [-0.4, -0.2) is 76.8 Å². The molecule has 1 saturated heterocycles. The number of nitrogens with two attached hydrogens (primary N) is 2. The summed E-state index contributed by atoms with van der Waals surface area (Å²) < 4.78 is 18.2. The van der Waals surface area contributed by atoms with E-state index in [9.17, 15) is 9.59 Å². The van der Waals surface area contributed by atoms with Gasteiger partial charge in [-0.3, -0.25) is 18.4 Å². The van der Waals surface area contributed by atoms with Crippen LogP contribution < -0.4 is 22.4 Å². The normalized spacial score (nSPS) is 12.5. The van der Waals surface area contributed by atoms with Crippen molar-refractivity contribution in [1.29, 1.82) is 0 Å². The van der Waals surface area contributed by atoms with Gasteiger partial charge >= 0.3 is 14.2 Å². The van der Waals surface area contributed by atoms with Crippen molar-refractivity contribution < 1.29 is 28.9 Å². The topological polar surface area (TPSA) is 208 Å². The summed E-state index contributed by atoms with van der Waals surface area (Å²) in [6.07, 6.45) is 1.71. The number of carbonyl (C=O) groups is 2. The second-order valence-corrected chi connectivity index (χ2v) is 38.1. The highest BCUT2D eigenvalue weighted by Gasteiger charge is 2.52. The molecule has 1 fully saturated rings. The highest BCUT2D eigenvalue weighted by Crippen LogP contribution is 2.46. The maximum atomic E-state index is 11.4. The number of aromatic nitrogens is 6. The lowest BCUT2D eigenvalue weighted by Gasteiger charge is -2.32. The molecule has 7 N–H and O–H groups in total. The molecule has 0 aliphatic carbocycles. The van der Waals surface area contributed by atoms with Gasteiger partial charge in [-0.05, 0) is 230 Å². The SMILES string of the molecule is CC1(C)OB(c2ccc3c4c5ccccc5ccc4c4nc5ccccc5n4c3c2)OC1(C)C.Clc1ccc(-c2c(-c3nc4ccccc4[nH]3)ccc3ccccc23)c(Cl)c1.Clc1ccc2c3c4ccccc4ccc3c3nc4ccccc4n3c2c1.Nc1ccccc1N.O=Cc1ccc2ccccc2c1-c1ccc(Cl)cc1Cl.O=Cc1ccc2ccccc2c1Br.OB(O)c1ccc(Cl)cc1Cl. The van der Waals surface area contributed by atoms with Crippen molar-refractivity contribution in [3.05, 3.63) is 421 Å². The molecule has 5 aromatic heterocycles. The Hall–Kier alpha value is -13.7. The maximum absolute atomic E-state index is 11.4. The Labute approximate surface area is 843 Å². The van der Waals surface area contributed by atoms with E-state index >= 15 is 0 Å². The number of hydrogen-bond donors (Lipinski definition) is 5. The van der Waals surface area contributed by atoms with Gasteiger partial charge in [-0.2, -0.15) is 0 Å². The van der Waals surface area contributed by atoms with Crippen LogP contribution in [0.15, 0.2) is 375 Å². The average molecular weight is 2020 g/mol. The lowest BCUT2D eigenvalue weighted by atomic mass is 9.78. The Balaban J connectivity index is 0.000000108. The van der Waals surface area contributed by atoms with Gasteiger partial charge in [0.2, 0.25) is 0 Å². The van der Waals surface area contributed by atoms with Crippen LogP contribution in [0.1, 0.15) is 48.4 Å². The quantitative estimate of drug-likeness (QED) is 0.0439. The first-order valence-electron chi connectivity index (χ1n) is 44.5. The summed E-state index contributed by atoms with van der Waals surface area (Å²) in [5, 5.41) is 39.9. The number of benzene rings is 19. The van der Waals surface area contributed by atoms with Crippen molar-refractivity contribution in [3.8, 4) is 33.6 Å². The molecule has 14 nitrogen and oxygen atoms in total. The fourth-order valence-corrected chi connectivity index (χ4v) is 20.1. The molecular weight excluding hydrogens is 1940 g/mol. The van der Waals surface area contributed by atoms with Crippen molar-refractivity contribution >= 4 is 288 Å². The number of hydrogen-bond acceptors (Lipinski definition) is 11. The molecule has 0 unspecified atom stereocenters. The predicted octanol–water partition coefficient (Wildman–Crippen LogP) is 30.8. The van der Waals surface area contributed by atoms with Crippen LogP contribution in [0.2, 0.25) is 35.2 Å². The zero-order valence-corrected chi connectivity index (χ0v) is 81.8. The number of fused-ring (bicyclic) bond motifs is 24. The van der Waals surface area contributed by atoms with Crippen molar-refractivity contribution in [3.63, 3.8) is 0 Å². The zero-order valence-electron chi connectivity index (χ0n) is 75.0. The van der Waals surface area contributed by atoms with Crippen LogP contribution in [0, 0.1) is 0 Å². The molecule has 0 atom stereocenters. The molecule has 139 heavy (non-hydrogen) atoms. The van der Waals surface area contributed by atoms with Crippen LogP contribution >= 0.6 is 97.1 Å². The number of aromatic amines is 1. The van der Waals surface area contributed by atoms with Gasteiger partial charge in [-0.25, -0.2) is 15.0 Å². The van der Waals surface area contributed by atoms with Gasteiger partial charge in [0, 0.05) is 116 Å². The van der Waals surface area contributed by atoms with E-state index in [4.69, 9.17) is 127 Å². The molecule has 0 spiro atoms. The minimum absolute atomic E-state index is 0.257. The number of H-pyrrole nitrogens is 1. The van der Waals surface area contributed by atoms with E-state index in [0.717, 1.165) is 160 Å². The number of aldehydes is 2. The third-order valence-electron chi connectivity index (χ3n) is 25.3. The van der Waals surface area contributed by atoms with Crippen molar-refractivity contribution in [2.75, 3.05) is 11.5 Å². The fraction of sp³-hybridized carbons (Fsp3) is 0.0522. The lowest BCUT2D eigenvalue weighted by molar-refractivity contribution is 0.00578. The van der Waals surface area contributed by atoms with Crippen LogP contribution in [0.3, 0.4) is 0 Å². The number of pyridine rings is 2. The van der Waals surface area contributed by atoms with Gasteiger partial charge in [0.05, 0.1) is 66.7 Å². The fourth-order valence-electron chi connectivity index (χ4n) is 17.8. The second-order valence-electron chi connectivity index (χ2n) is 34.4. The van der Waals surface area contributed by atoms with Crippen molar-refractivity contribution in [2.45, 2.75) is 38.9 Å². The Kier molecular flexibility index (Phi) is 27.2. The van der Waals surface area contributed by atoms with E-state index in [1.165, 1.54) is 55.2 Å². The summed E-state index contributed by atoms with van der Waals surface area (Å²) in [5.41, 5.74) is 28.8. The monoisotopic (exact) mass is 2020 g/mol. The molecule has 0 bridgehead atoms. The molecule has 680 valence electrons. The minimum atomic E-state index is -1.54. The Morgan fingerprint density at radius 3 is 1.24 bits per heavy atom. The van der Waals surface area contributed by atoms with Crippen LogP contribution in [0.5, 0.6) is 0 Å². The summed E-state index contributed by atoms with van der Waals surface area (Å²) >= 11 is 45.9. The Morgan fingerprint density at radius 2 is 0.741 bits per heavy atom. The summed E-state index contributed by atoms with van der Waals surface area (Å²) in [6.45, 7) is 8.37. The molecule has 6 heterocycles. The number of nitrogen functional groups attached to an aromatic ring is 2. The molecule has 0 amide bonds. The summed E-state index contributed by atoms with van der Waals surface area (Å²) in [5.74, 6) is 0.822. The molecule has 19 aromatic carbocycles. The number of rotatable bonds is 7. The largest absolute Gasteiger partial charge is 0.494 e. The smallest absolute Gasteiger partial charge is 0.423 e. The van der Waals surface area contributed by atoms with E-state index in [-0.39, 0.29) is 21.7 Å². The summed E-state index contributed by atoms with van der Waals surface area (Å²) in [7, 11) is -1.96. The first-order valence-corrected chi connectivity index (χ1v) is 47.9. The molecule has 1 aliphatic heterocycles. The number of carbonyl (C=O) groups excluding carboxylic acids is 2. The third-order valence-corrected chi connectivity index (χ3v) is 28.1. The lowest BCUT2D eigenvalue weighted by Crippen LogP contribution is -2.41. The van der Waals surface area contributed by atoms with Crippen LogP contribution in [0.25, 0.3) is 175 Å². The Morgan fingerprint density at radius 1 is 0.360 bits per heavy atom. The molecule has 24 aromatic rings. The van der Waals surface area contributed by atoms with E-state index in [0.29, 0.717) is 47.6 Å². The van der Waals surface area contributed by atoms with Gasteiger partial charge < -0.3 is 35.8 Å². The minimum Gasteiger partial charge on any atom is -0.423 e. The summed E-state index contributed by atoms with van der Waals surface area (Å²) in [6, 6.07) is 122. The molecule has 0 radical (unpaired) electrons. The highest BCUT2D eigenvalue weighted by atomic mass is 79.9. The van der Waals surface area contributed by atoms with Gasteiger partial charge in [-0.15, -0.1) is 0 Å². The summed E-state index contributed by atoms with van der Waals surface area (Å²) in [4.78, 5) is 40.3. The highest BCUT2D eigenvalue weighted by molar-refractivity contribution is 9.10. The van der Waals surface area contributed by atoms with Gasteiger partial charge in [0.1, 0.15) is 17.1 Å². The number of anilines is 2. The molecule has 1 aliphatic rings. The number of halogens is 8. The maximum Gasteiger partial charge on any atom is 0.494 e. The molecular formula is C115H82B2BrCl7N8O6. The first kappa shape index (κ1) is 94.3. The molecule has 0 saturated carbocycles. The number of nitrogens with zero attached hydrogens (tertiary/aromatic N) is 5. The number of imidazole rings is 3. The van der Waals surface area contributed by atoms with E-state index in [2.05, 4.69) is 215 Å². The number of nitrogens with one attached hydrogen (secondary N) is 1. The van der Waals surface area contributed by atoms with E-state index in [1.54, 1.807) is 36.4 Å². The van der Waals surface area contributed by atoms with Gasteiger partial charge in [-0.1, -0.05) is 324 Å². The molecule has 24 heteroatoms. The van der Waals surface area contributed by atoms with E-state index < -0.39 is 14.2 Å². The Bertz CT molecular complexity index is 8900. The van der Waals surface area contributed by atoms with Gasteiger partial charge in [0.15, 0.2) is 12.6 Å². The third kappa shape index (κ3) is 18.8. The number of para-hydroxylation sites is 8. The van der Waals surface area contributed by atoms with Gasteiger partial charge in [0.25, 0.3) is 0 Å². The van der Waals surface area contributed by atoms with Crippen LogP contribution in [-0.2, 0) is 9.31 Å². The predicted molar refractivity (Wildman–Crippen MR) is 589 cm³/mol. The molecule has 25 rings (SSSR count). The van der Waals surface area contributed by atoms with E-state index in [1.807, 2.05) is 164 Å². The van der Waals surface area contributed by atoms with Crippen molar-refractivity contribution in [2.24, 2.45) is 0 Å². The van der Waals surface area contributed by atoms with Crippen LogP contribution in [0.4, 0.5) is 11.4 Å². The standard InChI is InChI=1S/C29H25BN2O2.C23H14Cl2N2.C23H13ClN2.C17H10Cl2O.C11H7BrO.C6H5BCl2O2.C6H8N2/c1-28(2)29(3,4)34-30(33-28)19-14-16-21-25(17-19)32-24-12-8-7-11-23(24)31-27(32)22-15-13-18-9-5-6-10-20(18)26(21)22;24-15-10-12-17(19(25)13-15)22-16-6-2-1-5-14(16)9-11-18(22)23-26-20-7-3-4-8-21(20)27-23;24-15-10-12-17-21(13-15)26-20-8-4-3-7-19(20)25-23(26)18-11-9-14-5-1-2-6-16(14)22(17)18;18-13-7-8-15(16(19)9-13)17-12(10-20)6-5-11-3-1-2-4-14(11)17;12-11-9(7-13)6-5-8-3-1-2-4-10(8)11;8-4-1-2-5(7(10)11)6(9)3-4;7-5-3-1-2-4-6(5)8/h5-17H,1-4H3;1-13H,(H,26,27);1-13H;1-10H;1-7H;1-3,10-11H;1-4H,7-8H2. The average Bonchev–Trinajstić information content (AvgIpc) is 1.57. The van der Waals surface area contributed by atoms with Crippen molar-refractivity contribution in [1.82, 2.24) is 28.7 Å². The second kappa shape index (κ2) is 40.0. The first-order chi connectivity index (χ1) is 67.3. The zero-order chi connectivity index (χ0) is 96.7.